The van der Waals surface area contributed by atoms with Crippen LogP contribution in [0.15, 0.2) is 16.0 Å². The number of ether oxygens (including phenoxy) is 1. The molecule has 0 amide bonds. The van der Waals surface area contributed by atoms with E-state index < -0.39 is 10.0 Å². The molecule has 0 spiro atoms. The fourth-order valence-corrected chi connectivity index (χ4v) is 5.71. The molecule has 1 atom stereocenters. The third-order valence-electron chi connectivity index (χ3n) is 4.68. The van der Waals surface area contributed by atoms with Crippen LogP contribution in [0.3, 0.4) is 0 Å². The molecule has 0 aromatic carbocycles. The van der Waals surface area contributed by atoms with E-state index in [2.05, 4.69) is 20.3 Å². The van der Waals surface area contributed by atoms with Gasteiger partial charge in [0.1, 0.15) is 0 Å². The van der Waals surface area contributed by atoms with E-state index in [1.54, 1.807) is 13.1 Å². The molecular weight excluding hydrogens is 515 g/mol. The van der Waals surface area contributed by atoms with Crippen molar-refractivity contribution in [2.75, 3.05) is 46.5 Å². The molecule has 0 bridgehead atoms. The Morgan fingerprint density at radius 2 is 2.11 bits per heavy atom. The predicted octanol–water partition coefficient (Wildman–Crippen LogP) is 1.22. The lowest BCUT2D eigenvalue weighted by molar-refractivity contribution is 0.127. The topological polar surface area (TPSA) is 112 Å². The Bertz CT molecular complexity index is 746. The van der Waals surface area contributed by atoms with Gasteiger partial charge in [-0.25, -0.2) is 13.1 Å². The third kappa shape index (κ3) is 7.10. The minimum atomic E-state index is -3.50. The normalized spacial score (nSPS) is 20.1. The first-order chi connectivity index (χ1) is 12.8. The number of aliphatic imine (C=N–C) groups is 1. The van der Waals surface area contributed by atoms with Gasteiger partial charge in [0, 0.05) is 55.1 Å². The van der Waals surface area contributed by atoms with Crippen molar-refractivity contribution in [3.05, 3.63) is 15.8 Å². The van der Waals surface area contributed by atoms with Gasteiger partial charge in [-0.05, 0) is 32.8 Å². The number of guanidine groups is 1. The molecule has 0 aliphatic carbocycles. The fourth-order valence-electron chi connectivity index (χ4n) is 3.12. The molecule has 11 heteroatoms. The van der Waals surface area contributed by atoms with Crippen LogP contribution in [-0.4, -0.2) is 66.0 Å². The number of nitrogens with one attached hydrogen (secondary N) is 3. The van der Waals surface area contributed by atoms with Gasteiger partial charge in [0.15, 0.2) is 5.96 Å². The average Bonchev–Trinajstić information content (AvgIpc) is 3.21. The highest BCUT2D eigenvalue weighted by atomic mass is 127. The van der Waals surface area contributed by atoms with Gasteiger partial charge < -0.3 is 20.5 Å². The zero-order valence-electron chi connectivity index (χ0n) is 16.6. The first-order valence-electron chi connectivity index (χ1n) is 9.02. The van der Waals surface area contributed by atoms with Crippen LogP contribution in [0.25, 0.3) is 0 Å². The molecule has 1 unspecified atom stereocenters. The number of aliphatic hydroxyl groups is 1. The zero-order chi connectivity index (χ0) is 19.9. The minimum absolute atomic E-state index is 0. The van der Waals surface area contributed by atoms with Gasteiger partial charge in [-0.3, -0.25) is 4.99 Å². The van der Waals surface area contributed by atoms with Crippen molar-refractivity contribution in [3.8, 4) is 0 Å². The molecule has 1 aliphatic rings. The third-order valence-corrected chi connectivity index (χ3v) is 7.36. The molecule has 1 saturated heterocycles. The average molecular weight is 546 g/mol. The molecular formula is C17H31IN4O4S2. The van der Waals surface area contributed by atoms with Gasteiger partial charge in [-0.1, -0.05) is 0 Å². The van der Waals surface area contributed by atoms with Crippen molar-refractivity contribution in [2.24, 2.45) is 10.4 Å². The van der Waals surface area contributed by atoms with Crippen LogP contribution in [0.5, 0.6) is 0 Å². The van der Waals surface area contributed by atoms with Crippen LogP contribution in [0.4, 0.5) is 0 Å². The lowest BCUT2D eigenvalue weighted by atomic mass is 9.84. The molecule has 1 aromatic heterocycles. The Morgan fingerprint density at radius 3 is 2.64 bits per heavy atom. The second-order valence-electron chi connectivity index (χ2n) is 6.80. The van der Waals surface area contributed by atoms with Gasteiger partial charge in [0.05, 0.1) is 11.5 Å². The second-order valence-corrected chi connectivity index (χ2v) is 10.00. The van der Waals surface area contributed by atoms with Crippen molar-refractivity contribution in [2.45, 2.75) is 31.6 Å². The first kappa shape index (κ1) is 25.6. The lowest BCUT2D eigenvalue weighted by Gasteiger charge is -2.27. The molecule has 28 heavy (non-hydrogen) atoms. The van der Waals surface area contributed by atoms with Crippen molar-refractivity contribution >= 4 is 51.3 Å². The first-order valence-corrected chi connectivity index (χ1v) is 11.3. The SMILES string of the molecule is CN=C(NCCNS(=O)(=O)c1cc(C)sc1C)NCC1(CCO)CCOC1.I. The molecule has 1 aromatic rings. The quantitative estimate of drug-likeness (QED) is 0.161. The van der Waals surface area contributed by atoms with Crippen LogP contribution in [0.1, 0.15) is 22.6 Å². The zero-order valence-corrected chi connectivity index (χ0v) is 20.5. The highest BCUT2D eigenvalue weighted by molar-refractivity contribution is 14.0. The number of hydrogen-bond donors (Lipinski definition) is 4. The Balaban J connectivity index is 0.00000392. The summed E-state index contributed by atoms with van der Waals surface area (Å²) in [6.07, 6.45) is 1.58. The number of nitrogens with zero attached hydrogens (tertiary/aromatic N) is 1. The molecule has 4 N–H and O–H groups in total. The summed E-state index contributed by atoms with van der Waals surface area (Å²) in [5, 5.41) is 15.6. The Hall–Kier alpha value is -0.470. The largest absolute Gasteiger partial charge is 0.396 e. The van der Waals surface area contributed by atoms with E-state index >= 15 is 0 Å². The molecule has 0 saturated carbocycles. The summed E-state index contributed by atoms with van der Waals surface area (Å²) in [6, 6.07) is 1.69. The van der Waals surface area contributed by atoms with E-state index in [0.717, 1.165) is 16.2 Å². The van der Waals surface area contributed by atoms with E-state index in [-0.39, 0.29) is 42.5 Å². The number of halogens is 1. The van der Waals surface area contributed by atoms with E-state index in [1.165, 1.54) is 11.3 Å². The molecule has 8 nitrogen and oxygen atoms in total. The molecule has 2 heterocycles. The molecule has 0 radical (unpaired) electrons. The molecule has 1 fully saturated rings. The summed E-state index contributed by atoms with van der Waals surface area (Å²) >= 11 is 1.47. The smallest absolute Gasteiger partial charge is 0.241 e. The molecule has 162 valence electrons. The standard InChI is InChI=1S/C17H30N4O4S2.HI/c1-13-10-15(14(2)26-13)27(23,24)21-7-6-19-16(18-3)20-11-17(4-8-22)5-9-25-12-17;/h10,21-22H,4-9,11-12H2,1-3H3,(H2,18,19,20);1H. The van der Waals surface area contributed by atoms with Crippen LogP contribution in [-0.2, 0) is 14.8 Å². The van der Waals surface area contributed by atoms with Gasteiger partial charge in [0.25, 0.3) is 0 Å². The fraction of sp³-hybridized carbons (Fsp3) is 0.706. The van der Waals surface area contributed by atoms with Gasteiger partial charge in [-0.15, -0.1) is 35.3 Å². The van der Waals surface area contributed by atoms with Crippen molar-refractivity contribution in [3.63, 3.8) is 0 Å². The Kier molecular flexibility index (Phi) is 10.6. The van der Waals surface area contributed by atoms with Gasteiger partial charge in [-0.2, -0.15) is 0 Å². The second kappa shape index (κ2) is 11.6. The van der Waals surface area contributed by atoms with E-state index in [9.17, 15) is 13.5 Å². The summed E-state index contributed by atoms with van der Waals surface area (Å²) in [6.45, 7) is 6.46. The number of sulfonamides is 1. The monoisotopic (exact) mass is 546 g/mol. The maximum absolute atomic E-state index is 12.4. The van der Waals surface area contributed by atoms with E-state index in [4.69, 9.17) is 4.74 Å². The Labute approximate surface area is 188 Å². The summed E-state index contributed by atoms with van der Waals surface area (Å²) in [7, 11) is -1.83. The van der Waals surface area contributed by atoms with Crippen molar-refractivity contribution in [1.82, 2.24) is 15.4 Å². The number of aliphatic hydroxyl groups excluding tert-OH is 1. The van der Waals surface area contributed by atoms with Crippen molar-refractivity contribution in [1.29, 1.82) is 0 Å². The number of thiophene rings is 1. The summed E-state index contributed by atoms with van der Waals surface area (Å²) in [4.78, 5) is 6.28. The lowest BCUT2D eigenvalue weighted by Crippen LogP contribution is -2.46. The van der Waals surface area contributed by atoms with Gasteiger partial charge >= 0.3 is 0 Å². The Morgan fingerprint density at radius 1 is 1.36 bits per heavy atom. The number of rotatable bonds is 9. The summed E-state index contributed by atoms with van der Waals surface area (Å²) in [5.41, 5.74) is -0.0811. The van der Waals surface area contributed by atoms with Gasteiger partial charge in [0.2, 0.25) is 10.0 Å². The maximum atomic E-state index is 12.4. The van der Waals surface area contributed by atoms with Crippen molar-refractivity contribution < 1.29 is 18.3 Å². The number of aryl methyl sites for hydroxylation is 2. The van der Waals surface area contributed by atoms with E-state index in [0.29, 0.717) is 43.6 Å². The van der Waals surface area contributed by atoms with Crippen LogP contribution in [0, 0.1) is 19.3 Å². The summed E-state index contributed by atoms with van der Waals surface area (Å²) in [5.74, 6) is 0.598. The van der Waals surface area contributed by atoms with Crippen LogP contribution in [0.2, 0.25) is 0 Å². The maximum Gasteiger partial charge on any atom is 0.241 e. The minimum Gasteiger partial charge on any atom is -0.396 e. The summed E-state index contributed by atoms with van der Waals surface area (Å²) < 4.78 is 32.9. The predicted molar refractivity (Wildman–Crippen MR) is 123 cm³/mol. The van der Waals surface area contributed by atoms with Crippen LogP contribution >= 0.6 is 35.3 Å². The number of hydrogen-bond acceptors (Lipinski definition) is 6. The highest BCUT2D eigenvalue weighted by Crippen LogP contribution is 2.31. The van der Waals surface area contributed by atoms with Crippen LogP contribution < -0.4 is 15.4 Å². The molecule has 1 aliphatic heterocycles. The van der Waals surface area contributed by atoms with E-state index in [1.807, 2.05) is 13.8 Å². The highest BCUT2D eigenvalue weighted by Gasteiger charge is 2.34. The molecule has 2 rings (SSSR count).